The zero-order chi connectivity index (χ0) is 20.1. The number of hydrogen-bond acceptors (Lipinski definition) is 5. The minimum Gasteiger partial charge on any atom is -0.482 e. The molecule has 1 atom stereocenters. The number of para-hydroxylation sites is 1. The first kappa shape index (κ1) is 19.8. The van der Waals surface area contributed by atoms with Crippen LogP contribution in [0.1, 0.15) is 24.3 Å². The minimum atomic E-state index is -0.638. The highest BCUT2D eigenvalue weighted by Crippen LogP contribution is 2.23. The predicted molar refractivity (Wildman–Crippen MR) is 105 cm³/mol. The van der Waals surface area contributed by atoms with Crippen LogP contribution in [-0.4, -0.2) is 25.1 Å². The second-order valence-corrected chi connectivity index (χ2v) is 6.77. The lowest BCUT2D eigenvalue weighted by atomic mass is 10.2. The first-order valence-electron chi connectivity index (χ1n) is 8.75. The fraction of sp³-hybridized carbons (Fsp3) is 0.238. The topological polar surface area (TPSA) is 77.8 Å². The second kappa shape index (κ2) is 8.80. The Morgan fingerprint density at radius 3 is 2.68 bits per heavy atom. The average Bonchev–Trinajstić information content (AvgIpc) is 3.10. The van der Waals surface area contributed by atoms with Crippen molar-refractivity contribution in [3.8, 4) is 5.75 Å². The maximum Gasteiger partial charge on any atom is 0.344 e. The van der Waals surface area contributed by atoms with Crippen LogP contribution in [0.5, 0.6) is 5.75 Å². The normalized spacial score (nSPS) is 11.8. The largest absolute Gasteiger partial charge is 0.482 e. The van der Waals surface area contributed by atoms with Gasteiger partial charge in [0.05, 0.1) is 6.04 Å². The van der Waals surface area contributed by atoms with Crippen molar-refractivity contribution in [2.45, 2.75) is 19.9 Å². The van der Waals surface area contributed by atoms with Gasteiger partial charge in [-0.05, 0) is 49.7 Å². The number of rotatable bonds is 7. The first-order chi connectivity index (χ1) is 13.4. The highest BCUT2D eigenvalue weighted by atomic mass is 35.5. The van der Waals surface area contributed by atoms with Crippen molar-refractivity contribution in [1.82, 2.24) is 5.32 Å². The van der Waals surface area contributed by atoms with Gasteiger partial charge in [-0.1, -0.05) is 29.8 Å². The summed E-state index contributed by atoms with van der Waals surface area (Å²) in [7, 11) is 0. The van der Waals surface area contributed by atoms with Crippen LogP contribution in [0.4, 0.5) is 0 Å². The van der Waals surface area contributed by atoms with Crippen molar-refractivity contribution in [2.24, 2.45) is 0 Å². The zero-order valence-corrected chi connectivity index (χ0v) is 16.3. The number of aryl methyl sites for hydroxylation is 1. The van der Waals surface area contributed by atoms with Gasteiger partial charge in [0.1, 0.15) is 17.1 Å². The highest BCUT2D eigenvalue weighted by molar-refractivity contribution is 6.30. The molecule has 0 bridgehead atoms. The SMILES string of the molecule is Cc1cc(Cl)ccc1OCC(=O)OCC(=O)N[C@H](C)c1cc2ccccc2o1. The Morgan fingerprint density at radius 2 is 1.93 bits per heavy atom. The van der Waals surface area contributed by atoms with Gasteiger partial charge in [0, 0.05) is 10.4 Å². The van der Waals surface area contributed by atoms with Gasteiger partial charge in [0.15, 0.2) is 13.2 Å². The summed E-state index contributed by atoms with van der Waals surface area (Å²) in [6, 6.07) is 14.2. The molecule has 0 saturated heterocycles. The molecule has 3 aromatic rings. The van der Waals surface area contributed by atoms with Gasteiger partial charge in [-0.15, -0.1) is 0 Å². The number of halogens is 1. The molecule has 0 aliphatic rings. The third-order valence-electron chi connectivity index (χ3n) is 4.10. The fourth-order valence-corrected chi connectivity index (χ4v) is 2.90. The van der Waals surface area contributed by atoms with Crippen LogP contribution in [-0.2, 0) is 14.3 Å². The number of carbonyl (C=O) groups is 2. The maximum absolute atomic E-state index is 12.0. The lowest BCUT2D eigenvalue weighted by Gasteiger charge is -2.12. The summed E-state index contributed by atoms with van der Waals surface area (Å²) in [5.74, 6) is 0.0941. The summed E-state index contributed by atoms with van der Waals surface area (Å²) in [6.07, 6.45) is 0. The predicted octanol–water partition coefficient (Wildman–Crippen LogP) is 4.19. The molecule has 1 N–H and O–H groups in total. The molecule has 0 radical (unpaired) electrons. The van der Waals surface area contributed by atoms with Crippen LogP contribution >= 0.6 is 11.6 Å². The van der Waals surface area contributed by atoms with E-state index in [1.807, 2.05) is 37.3 Å². The minimum absolute atomic E-state index is 0.297. The van der Waals surface area contributed by atoms with E-state index in [0.717, 1.165) is 16.5 Å². The van der Waals surface area contributed by atoms with Crippen LogP contribution in [0.2, 0.25) is 5.02 Å². The lowest BCUT2D eigenvalue weighted by Crippen LogP contribution is -2.31. The van der Waals surface area contributed by atoms with Crippen LogP contribution in [0.3, 0.4) is 0 Å². The van der Waals surface area contributed by atoms with Crippen molar-refractivity contribution in [3.05, 3.63) is 64.9 Å². The van der Waals surface area contributed by atoms with Crippen LogP contribution < -0.4 is 10.1 Å². The van der Waals surface area contributed by atoms with Gasteiger partial charge in [-0.3, -0.25) is 4.79 Å². The van der Waals surface area contributed by atoms with E-state index in [0.29, 0.717) is 16.5 Å². The number of carbonyl (C=O) groups excluding carboxylic acids is 2. The molecule has 3 rings (SSSR count). The Kier molecular flexibility index (Phi) is 6.21. The second-order valence-electron chi connectivity index (χ2n) is 6.33. The number of hydrogen-bond donors (Lipinski definition) is 1. The smallest absolute Gasteiger partial charge is 0.344 e. The Bertz CT molecular complexity index is 964. The third-order valence-corrected chi connectivity index (χ3v) is 4.33. The van der Waals surface area contributed by atoms with Crippen molar-refractivity contribution in [3.63, 3.8) is 0 Å². The number of nitrogens with one attached hydrogen (secondary N) is 1. The molecule has 2 aromatic carbocycles. The van der Waals surface area contributed by atoms with Crippen molar-refractivity contribution in [1.29, 1.82) is 0 Å². The Hall–Kier alpha value is -2.99. The van der Waals surface area contributed by atoms with Crippen LogP contribution in [0.15, 0.2) is 52.9 Å². The summed E-state index contributed by atoms with van der Waals surface area (Å²) >= 11 is 5.87. The van der Waals surface area contributed by atoms with Crippen LogP contribution in [0, 0.1) is 6.92 Å². The van der Waals surface area contributed by atoms with E-state index in [2.05, 4.69) is 5.32 Å². The number of furan rings is 1. The van der Waals surface area contributed by atoms with E-state index < -0.39 is 18.5 Å². The number of amides is 1. The molecule has 1 aromatic heterocycles. The molecule has 6 nitrogen and oxygen atoms in total. The average molecular weight is 402 g/mol. The molecule has 28 heavy (non-hydrogen) atoms. The summed E-state index contributed by atoms with van der Waals surface area (Å²) in [5, 5.41) is 4.28. The standard InChI is InChI=1S/C21H20ClNO5/c1-13-9-16(22)7-8-17(13)26-12-21(25)27-11-20(24)23-14(2)19-10-15-5-3-4-6-18(15)28-19/h3-10,14H,11-12H2,1-2H3,(H,23,24)/t14-/m1/s1. The Balaban J connectivity index is 1.44. The quantitative estimate of drug-likeness (QED) is 0.600. The number of benzene rings is 2. The van der Waals surface area contributed by atoms with Crippen molar-refractivity contribution < 1.29 is 23.5 Å². The van der Waals surface area contributed by atoms with Gasteiger partial charge in [-0.25, -0.2) is 4.79 Å². The van der Waals surface area contributed by atoms with E-state index in [-0.39, 0.29) is 12.6 Å². The summed E-state index contributed by atoms with van der Waals surface area (Å²) < 4.78 is 16.1. The Morgan fingerprint density at radius 1 is 1.14 bits per heavy atom. The van der Waals surface area contributed by atoms with E-state index in [9.17, 15) is 9.59 Å². The zero-order valence-electron chi connectivity index (χ0n) is 15.5. The molecule has 146 valence electrons. The highest BCUT2D eigenvalue weighted by Gasteiger charge is 2.16. The molecule has 1 heterocycles. The molecule has 0 fully saturated rings. The molecule has 7 heteroatoms. The summed E-state index contributed by atoms with van der Waals surface area (Å²) in [6.45, 7) is 2.92. The first-order valence-corrected chi connectivity index (χ1v) is 9.12. The van der Waals surface area contributed by atoms with E-state index in [4.69, 9.17) is 25.5 Å². The van der Waals surface area contributed by atoms with Crippen molar-refractivity contribution >= 4 is 34.4 Å². The molecular weight excluding hydrogens is 382 g/mol. The molecule has 0 unspecified atom stereocenters. The lowest BCUT2D eigenvalue weighted by molar-refractivity contribution is -0.150. The molecule has 1 amide bonds. The molecule has 0 aliphatic carbocycles. The number of ether oxygens (including phenoxy) is 2. The molecule has 0 spiro atoms. The molecular formula is C21H20ClNO5. The molecule has 0 saturated carbocycles. The van der Waals surface area contributed by atoms with Crippen LogP contribution in [0.25, 0.3) is 11.0 Å². The summed E-state index contributed by atoms with van der Waals surface area (Å²) in [5.41, 5.74) is 1.55. The van der Waals surface area contributed by atoms with Gasteiger partial charge in [0.2, 0.25) is 0 Å². The third kappa shape index (κ3) is 5.04. The van der Waals surface area contributed by atoms with Gasteiger partial charge < -0.3 is 19.2 Å². The molecule has 0 aliphatic heterocycles. The van der Waals surface area contributed by atoms with E-state index >= 15 is 0 Å². The Labute approximate surface area is 167 Å². The van der Waals surface area contributed by atoms with E-state index in [1.165, 1.54) is 0 Å². The van der Waals surface area contributed by atoms with Gasteiger partial charge >= 0.3 is 5.97 Å². The van der Waals surface area contributed by atoms with E-state index in [1.54, 1.807) is 25.1 Å². The summed E-state index contributed by atoms with van der Waals surface area (Å²) in [4.78, 5) is 23.8. The monoisotopic (exact) mass is 401 g/mol. The fourth-order valence-electron chi connectivity index (χ4n) is 2.67. The van der Waals surface area contributed by atoms with Crippen molar-refractivity contribution in [2.75, 3.05) is 13.2 Å². The van der Waals surface area contributed by atoms with Gasteiger partial charge in [0.25, 0.3) is 5.91 Å². The number of fused-ring (bicyclic) bond motifs is 1. The maximum atomic E-state index is 12.0. The van der Waals surface area contributed by atoms with Gasteiger partial charge in [-0.2, -0.15) is 0 Å². The number of esters is 1.